The van der Waals surface area contributed by atoms with Gasteiger partial charge in [-0.3, -0.25) is 10.2 Å². The van der Waals surface area contributed by atoms with Crippen LogP contribution in [0.2, 0.25) is 10.0 Å². The summed E-state index contributed by atoms with van der Waals surface area (Å²) in [6.45, 7) is 5.90. The lowest BCUT2D eigenvalue weighted by Crippen LogP contribution is -2.22. The topological polar surface area (TPSA) is 69.3 Å². The van der Waals surface area contributed by atoms with Gasteiger partial charge in [0.25, 0.3) is 5.91 Å². The average Bonchev–Trinajstić information content (AvgIpc) is 2.65. The summed E-state index contributed by atoms with van der Waals surface area (Å²) in [5.41, 5.74) is 1.86. The fourth-order valence-electron chi connectivity index (χ4n) is 2.85. The second-order valence-electron chi connectivity index (χ2n) is 5.96. The number of benzene rings is 2. The Labute approximate surface area is 167 Å². The summed E-state index contributed by atoms with van der Waals surface area (Å²) < 4.78 is 5.61. The Hall–Kier alpha value is -2.50. The van der Waals surface area contributed by atoms with E-state index in [2.05, 4.69) is 24.1 Å². The summed E-state index contributed by atoms with van der Waals surface area (Å²) in [6, 6.07) is 12.2. The molecule has 1 heterocycles. The normalized spacial score (nSPS) is 10.8. The predicted octanol–water partition coefficient (Wildman–Crippen LogP) is 5.32. The van der Waals surface area contributed by atoms with Gasteiger partial charge in [-0.1, -0.05) is 23.2 Å². The number of nitrogens with one attached hydrogen (secondary N) is 2. The smallest absolute Gasteiger partial charge is 0.261 e. The van der Waals surface area contributed by atoms with Crippen LogP contribution >= 0.6 is 23.2 Å². The Balaban J connectivity index is 1.96. The summed E-state index contributed by atoms with van der Waals surface area (Å²) in [4.78, 5) is 14.8. The summed E-state index contributed by atoms with van der Waals surface area (Å²) >= 11 is 12.0. The van der Waals surface area contributed by atoms with Crippen molar-refractivity contribution in [2.24, 2.45) is 0 Å². The monoisotopic (exact) mass is 403 g/mol. The van der Waals surface area contributed by atoms with Gasteiger partial charge in [0, 0.05) is 35.3 Å². The number of anilines is 2. The fraction of sp³-hybridized carbons (Fsp3) is 0.200. The van der Waals surface area contributed by atoms with E-state index in [4.69, 9.17) is 33.0 Å². The first kappa shape index (κ1) is 19.3. The molecule has 0 saturated heterocycles. The van der Waals surface area contributed by atoms with E-state index in [1.807, 2.05) is 18.2 Å². The highest BCUT2D eigenvalue weighted by Gasteiger charge is 2.14. The Morgan fingerprint density at radius 3 is 2.56 bits per heavy atom. The molecule has 0 unspecified atom stereocenters. The number of rotatable bonds is 5. The molecule has 0 aliphatic rings. The molecule has 0 spiro atoms. The van der Waals surface area contributed by atoms with Gasteiger partial charge in [0.1, 0.15) is 11.1 Å². The van der Waals surface area contributed by atoms with Gasteiger partial charge < -0.3 is 14.6 Å². The number of nitrogens with zero attached hydrogens (tertiary/aromatic N) is 1. The van der Waals surface area contributed by atoms with Crippen LogP contribution in [0.1, 0.15) is 24.2 Å². The molecule has 2 aromatic carbocycles. The first-order chi connectivity index (χ1) is 12.9. The van der Waals surface area contributed by atoms with Crippen molar-refractivity contribution in [3.05, 3.63) is 63.6 Å². The second kappa shape index (κ2) is 8.03. The highest BCUT2D eigenvalue weighted by atomic mass is 35.5. The minimum Gasteiger partial charge on any atom is -0.438 e. The predicted molar refractivity (Wildman–Crippen MR) is 110 cm³/mol. The van der Waals surface area contributed by atoms with Gasteiger partial charge in [0.2, 0.25) is 5.55 Å². The minimum atomic E-state index is -0.484. The molecule has 5 nitrogen and oxygen atoms in total. The van der Waals surface area contributed by atoms with Crippen LogP contribution < -0.4 is 15.8 Å². The Morgan fingerprint density at radius 2 is 1.85 bits per heavy atom. The maximum absolute atomic E-state index is 12.6. The number of carbonyl (C=O) groups excluding carboxylic acids is 1. The molecule has 0 radical (unpaired) electrons. The number of amides is 1. The van der Waals surface area contributed by atoms with Crippen molar-refractivity contribution in [3.8, 4) is 0 Å². The minimum absolute atomic E-state index is 0.120. The van der Waals surface area contributed by atoms with Crippen molar-refractivity contribution in [3.63, 3.8) is 0 Å². The van der Waals surface area contributed by atoms with Gasteiger partial charge in [-0.25, -0.2) is 0 Å². The standard InChI is InChI=1S/C20H19Cl2N3O2/c1-3-25(4-2)14-7-5-12-9-15(19(23)27-18(12)11-14)20(26)24-17-10-13(21)6-8-16(17)22/h5-11,23H,3-4H2,1-2H3,(H,24,26). The van der Waals surface area contributed by atoms with Crippen LogP contribution in [0.3, 0.4) is 0 Å². The van der Waals surface area contributed by atoms with Crippen LogP contribution in [0.5, 0.6) is 0 Å². The molecular weight excluding hydrogens is 385 g/mol. The Bertz CT molecular complexity index is 1060. The van der Waals surface area contributed by atoms with E-state index >= 15 is 0 Å². The summed E-state index contributed by atoms with van der Waals surface area (Å²) in [7, 11) is 0. The molecular formula is C20H19Cl2N3O2. The average molecular weight is 404 g/mol. The van der Waals surface area contributed by atoms with Crippen LogP contribution in [0.15, 0.2) is 46.9 Å². The van der Waals surface area contributed by atoms with Crippen LogP contribution in [-0.2, 0) is 0 Å². The summed E-state index contributed by atoms with van der Waals surface area (Å²) in [5, 5.41) is 12.3. The zero-order valence-electron chi connectivity index (χ0n) is 15.0. The van der Waals surface area contributed by atoms with E-state index < -0.39 is 5.91 Å². The molecule has 0 atom stereocenters. The van der Waals surface area contributed by atoms with Crippen molar-refractivity contribution in [1.82, 2.24) is 0 Å². The molecule has 27 heavy (non-hydrogen) atoms. The van der Waals surface area contributed by atoms with Crippen LogP contribution in [0.4, 0.5) is 11.4 Å². The quantitative estimate of drug-likeness (QED) is 0.605. The first-order valence-electron chi connectivity index (χ1n) is 8.56. The van der Waals surface area contributed by atoms with Crippen molar-refractivity contribution in [2.45, 2.75) is 13.8 Å². The number of hydrogen-bond acceptors (Lipinski definition) is 4. The molecule has 7 heteroatoms. The van der Waals surface area contributed by atoms with Gasteiger partial charge >= 0.3 is 0 Å². The third-order valence-electron chi connectivity index (χ3n) is 4.30. The molecule has 0 fully saturated rings. The zero-order valence-corrected chi connectivity index (χ0v) is 16.5. The summed E-state index contributed by atoms with van der Waals surface area (Å²) in [6.07, 6.45) is 0. The number of carbonyl (C=O) groups is 1. The lowest BCUT2D eigenvalue weighted by molar-refractivity contribution is 0.102. The highest BCUT2D eigenvalue weighted by molar-refractivity contribution is 6.35. The Kier molecular flexibility index (Phi) is 5.73. The van der Waals surface area contributed by atoms with E-state index in [0.29, 0.717) is 21.3 Å². The number of hydrogen-bond donors (Lipinski definition) is 2. The molecule has 2 N–H and O–H groups in total. The first-order valence-corrected chi connectivity index (χ1v) is 9.32. The van der Waals surface area contributed by atoms with Crippen molar-refractivity contribution < 1.29 is 9.21 Å². The number of fused-ring (bicyclic) bond motifs is 1. The van der Waals surface area contributed by atoms with E-state index in [0.717, 1.165) is 24.2 Å². The third kappa shape index (κ3) is 4.10. The van der Waals surface area contributed by atoms with Gasteiger partial charge in [-0.15, -0.1) is 0 Å². The van der Waals surface area contributed by atoms with Crippen molar-refractivity contribution in [1.29, 1.82) is 5.41 Å². The molecule has 3 aromatic rings. The van der Waals surface area contributed by atoms with Crippen LogP contribution in [-0.4, -0.2) is 19.0 Å². The molecule has 0 bridgehead atoms. The van der Waals surface area contributed by atoms with Gasteiger partial charge in [-0.2, -0.15) is 0 Å². The van der Waals surface area contributed by atoms with E-state index in [9.17, 15) is 4.79 Å². The maximum Gasteiger partial charge on any atom is 0.261 e. The highest BCUT2D eigenvalue weighted by Crippen LogP contribution is 2.26. The van der Waals surface area contributed by atoms with Crippen molar-refractivity contribution >= 4 is 51.5 Å². The lowest BCUT2D eigenvalue weighted by Gasteiger charge is -2.21. The molecule has 1 amide bonds. The third-order valence-corrected chi connectivity index (χ3v) is 4.87. The Morgan fingerprint density at radius 1 is 1.11 bits per heavy atom. The van der Waals surface area contributed by atoms with Crippen molar-refractivity contribution in [2.75, 3.05) is 23.3 Å². The second-order valence-corrected chi connectivity index (χ2v) is 6.81. The molecule has 0 aliphatic heterocycles. The molecule has 1 aromatic heterocycles. The number of halogens is 2. The van der Waals surface area contributed by atoms with Gasteiger partial charge in [-0.05, 0) is 50.2 Å². The molecule has 0 aliphatic carbocycles. The molecule has 3 rings (SSSR count). The largest absolute Gasteiger partial charge is 0.438 e. The summed E-state index contributed by atoms with van der Waals surface area (Å²) in [5.74, 6) is -0.484. The van der Waals surface area contributed by atoms with Crippen LogP contribution in [0, 0.1) is 5.41 Å². The van der Waals surface area contributed by atoms with Crippen LogP contribution in [0.25, 0.3) is 11.0 Å². The zero-order chi connectivity index (χ0) is 19.6. The van der Waals surface area contributed by atoms with Gasteiger partial charge in [0.05, 0.1) is 10.7 Å². The fourth-order valence-corrected chi connectivity index (χ4v) is 3.19. The van der Waals surface area contributed by atoms with Gasteiger partial charge in [0.15, 0.2) is 0 Å². The van der Waals surface area contributed by atoms with E-state index in [-0.39, 0.29) is 11.1 Å². The van der Waals surface area contributed by atoms with E-state index in [1.54, 1.807) is 24.3 Å². The SMILES string of the molecule is CCN(CC)c1ccc2cc(C(=O)Nc3cc(Cl)ccc3Cl)c(=N)oc2c1. The maximum atomic E-state index is 12.6. The molecule has 0 saturated carbocycles. The lowest BCUT2D eigenvalue weighted by atomic mass is 10.1. The molecule has 140 valence electrons. The van der Waals surface area contributed by atoms with E-state index in [1.165, 1.54) is 0 Å².